The van der Waals surface area contributed by atoms with Crippen LogP contribution < -0.4 is 5.32 Å². The molecule has 0 saturated carbocycles. The quantitative estimate of drug-likeness (QED) is 0.605. The average Bonchev–Trinajstić information content (AvgIpc) is 2.80. The maximum absolute atomic E-state index is 13.2. The number of carbonyl (C=O) groups excluding carboxylic acids is 2. The van der Waals surface area contributed by atoms with Crippen molar-refractivity contribution in [1.29, 1.82) is 0 Å². The Balaban J connectivity index is 1.55. The van der Waals surface area contributed by atoms with E-state index in [1.54, 1.807) is 19.3 Å². The minimum atomic E-state index is -0.831. The number of imide groups is 1. The van der Waals surface area contributed by atoms with Gasteiger partial charge in [0.1, 0.15) is 0 Å². The molecule has 0 aliphatic carbocycles. The van der Waals surface area contributed by atoms with Crippen LogP contribution in [0.4, 0.5) is 4.79 Å². The fourth-order valence-electron chi connectivity index (χ4n) is 4.18. The van der Waals surface area contributed by atoms with Gasteiger partial charge in [-0.15, -0.1) is 0 Å². The fourth-order valence-corrected chi connectivity index (χ4v) is 4.18. The maximum Gasteiger partial charge on any atom is 0.325 e. The molecule has 2 heterocycles. The second kappa shape index (κ2) is 9.10. The number of aromatic nitrogens is 1. The van der Waals surface area contributed by atoms with Crippen LogP contribution in [0.2, 0.25) is 0 Å². The number of amides is 3. The first-order chi connectivity index (χ1) is 15.1. The van der Waals surface area contributed by atoms with E-state index in [2.05, 4.69) is 10.3 Å². The van der Waals surface area contributed by atoms with Crippen LogP contribution in [-0.4, -0.2) is 39.1 Å². The number of nitrogens with one attached hydrogen (secondary N) is 1. The molecule has 1 aromatic heterocycles. The van der Waals surface area contributed by atoms with Crippen LogP contribution in [-0.2, 0) is 11.2 Å². The first-order valence-corrected chi connectivity index (χ1v) is 10.4. The minimum absolute atomic E-state index is 0.278. The van der Waals surface area contributed by atoms with Gasteiger partial charge < -0.3 is 10.4 Å². The van der Waals surface area contributed by atoms with Crippen LogP contribution in [0.1, 0.15) is 29.7 Å². The van der Waals surface area contributed by atoms with E-state index < -0.39 is 30.1 Å². The monoisotopic (exact) mass is 415 g/mol. The SMILES string of the molecule is CC(O)C1[C@@H](Cc2ccncc2)C(=O)N1C(=O)NC(c1ccccc1)c1ccccc1. The van der Waals surface area contributed by atoms with Crippen molar-refractivity contribution >= 4 is 11.9 Å². The predicted octanol–water partition coefficient (Wildman–Crippen LogP) is 3.33. The summed E-state index contributed by atoms with van der Waals surface area (Å²) in [5.41, 5.74) is 2.78. The third-order valence-electron chi connectivity index (χ3n) is 5.72. The van der Waals surface area contributed by atoms with Crippen LogP contribution in [0.3, 0.4) is 0 Å². The van der Waals surface area contributed by atoms with Crippen LogP contribution in [0, 0.1) is 5.92 Å². The molecule has 4 rings (SSSR count). The highest BCUT2D eigenvalue weighted by atomic mass is 16.3. The van der Waals surface area contributed by atoms with E-state index in [1.807, 2.05) is 72.8 Å². The van der Waals surface area contributed by atoms with E-state index in [0.717, 1.165) is 21.6 Å². The van der Waals surface area contributed by atoms with Crippen LogP contribution >= 0.6 is 0 Å². The van der Waals surface area contributed by atoms with Gasteiger partial charge in [-0.3, -0.25) is 14.7 Å². The summed E-state index contributed by atoms with van der Waals surface area (Å²) in [4.78, 5) is 31.3. The van der Waals surface area contributed by atoms with Gasteiger partial charge in [0.15, 0.2) is 0 Å². The lowest BCUT2D eigenvalue weighted by Gasteiger charge is -2.47. The topological polar surface area (TPSA) is 82.5 Å². The molecule has 2 aromatic carbocycles. The lowest BCUT2D eigenvalue weighted by atomic mass is 9.80. The molecule has 1 fully saturated rings. The summed E-state index contributed by atoms with van der Waals surface area (Å²) in [6.45, 7) is 1.61. The largest absolute Gasteiger partial charge is 0.391 e. The van der Waals surface area contributed by atoms with Crippen molar-refractivity contribution in [2.45, 2.75) is 31.5 Å². The molecule has 0 radical (unpaired) electrons. The summed E-state index contributed by atoms with van der Waals surface area (Å²) in [6.07, 6.45) is 2.97. The molecule has 1 aliphatic rings. The summed E-state index contributed by atoms with van der Waals surface area (Å²) in [5, 5.41) is 13.3. The molecule has 0 bridgehead atoms. The zero-order valence-electron chi connectivity index (χ0n) is 17.3. The number of nitrogens with zero attached hydrogens (tertiary/aromatic N) is 2. The van der Waals surface area contributed by atoms with Gasteiger partial charge in [-0.25, -0.2) is 4.79 Å². The number of β-lactam (4-membered cyclic amide) rings is 1. The molecule has 31 heavy (non-hydrogen) atoms. The molecule has 2 N–H and O–H groups in total. The lowest BCUT2D eigenvalue weighted by Crippen LogP contribution is -2.69. The molecular formula is C25H25N3O3. The van der Waals surface area contributed by atoms with E-state index in [4.69, 9.17) is 0 Å². The number of likely N-dealkylation sites (tertiary alicyclic amines) is 1. The number of urea groups is 1. The highest BCUT2D eigenvalue weighted by Crippen LogP contribution is 2.33. The first-order valence-electron chi connectivity index (χ1n) is 10.4. The summed E-state index contributed by atoms with van der Waals surface area (Å²) in [6, 6.07) is 21.4. The van der Waals surface area contributed by atoms with Crippen LogP contribution in [0.25, 0.3) is 0 Å². The van der Waals surface area contributed by atoms with Gasteiger partial charge in [-0.1, -0.05) is 60.7 Å². The van der Waals surface area contributed by atoms with Crippen molar-refractivity contribution < 1.29 is 14.7 Å². The van der Waals surface area contributed by atoms with Crippen molar-refractivity contribution in [3.8, 4) is 0 Å². The number of aliphatic hydroxyl groups is 1. The van der Waals surface area contributed by atoms with E-state index in [1.165, 1.54) is 0 Å². The Hall–Kier alpha value is -3.51. The minimum Gasteiger partial charge on any atom is -0.391 e. The number of rotatable bonds is 6. The smallest absolute Gasteiger partial charge is 0.325 e. The number of hydrogen-bond acceptors (Lipinski definition) is 4. The van der Waals surface area contributed by atoms with Crippen molar-refractivity contribution in [2.24, 2.45) is 5.92 Å². The molecule has 3 aromatic rings. The number of carbonyl (C=O) groups is 2. The maximum atomic E-state index is 13.2. The molecule has 3 amide bonds. The highest BCUT2D eigenvalue weighted by molar-refractivity contribution is 6.01. The Morgan fingerprint density at radius 3 is 2.06 bits per heavy atom. The summed E-state index contributed by atoms with van der Waals surface area (Å²) >= 11 is 0. The number of aliphatic hydroxyl groups excluding tert-OH is 1. The molecule has 2 unspecified atom stereocenters. The van der Waals surface area contributed by atoms with E-state index in [0.29, 0.717) is 6.42 Å². The molecule has 6 nitrogen and oxygen atoms in total. The number of benzene rings is 2. The Bertz CT molecular complexity index is 986. The summed E-state index contributed by atoms with van der Waals surface area (Å²) in [5.74, 6) is -0.722. The fraction of sp³-hybridized carbons (Fsp3) is 0.240. The molecule has 3 atom stereocenters. The van der Waals surface area contributed by atoms with E-state index in [9.17, 15) is 14.7 Å². The van der Waals surface area contributed by atoms with E-state index >= 15 is 0 Å². The van der Waals surface area contributed by atoms with Crippen molar-refractivity contribution in [2.75, 3.05) is 0 Å². The predicted molar refractivity (Wildman–Crippen MR) is 117 cm³/mol. The third-order valence-corrected chi connectivity index (χ3v) is 5.72. The second-order valence-corrected chi connectivity index (χ2v) is 7.81. The van der Waals surface area contributed by atoms with Crippen LogP contribution in [0.5, 0.6) is 0 Å². The molecule has 1 aliphatic heterocycles. The van der Waals surface area contributed by atoms with Gasteiger partial charge >= 0.3 is 6.03 Å². The highest BCUT2D eigenvalue weighted by Gasteiger charge is 2.52. The van der Waals surface area contributed by atoms with Crippen molar-refractivity contribution in [1.82, 2.24) is 15.2 Å². The van der Waals surface area contributed by atoms with Crippen molar-refractivity contribution in [3.05, 3.63) is 102 Å². The standard InChI is InChI=1S/C25H25N3O3/c1-17(29)23-21(16-18-12-14-26-15-13-18)24(30)28(23)25(31)27-22(19-8-4-2-5-9-19)20-10-6-3-7-11-20/h2-15,17,21-23,29H,16H2,1H3,(H,27,31)/t17?,21-,23?/m1/s1. The van der Waals surface area contributed by atoms with Gasteiger partial charge in [0.25, 0.3) is 0 Å². The van der Waals surface area contributed by atoms with Gasteiger partial charge in [0, 0.05) is 12.4 Å². The van der Waals surface area contributed by atoms with Crippen LogP contribution in [0.15, 0.2) is 85.2 Å². The average molecular weight is 415 g/mol. The normalized spacial score (nSPS) is 19.1. The molecular weight excluding hydrogens is 390 g/mol. The van der Waals surface area contributed by atoms with Gasteiger partial charge in [0.05, 0.1) is 24.1 Å². The lowest BCUT2D eigenvalue weighted by molar-refractivity contribution is -0.156. The Morgan fingerprint density at radius 2 is 1.55 bits per heavy atom. The number of pyridine rings is 1. The van der Waals surface area contributed by atoms with Crippen molar-refractivity contribution in [3.63, 3.8) is 0 Å². The molecule has 1 saturated heterocycles. The Kier molecular flexibility index (Phi) is 6.09. The second-order valence-electron chi connectivity index (χ2n) is 7.81. The first kappa shape index (κ1) is 20.8. The molecule has 158 valence electrons. The zero-order chi connectivity index (χ0) is 21.8. The number of hydrogen-bond donors (Lipinski definition) is 2. The van der Waals surface area contributed by atoms with E-state index in [-0.39, 0.29) is 5.91 Å². The van der Waals surface area contributed by atoms with Gasteiger partial charge in [0.2, 0.25) is 5.91 Å². The third kappa shape index (κ3) is 4.34. The Labute approximate surface area is 181 Å². The summed E-state index contributed by atoms with van der Waals surface area (Å²) in [7, 11) is 0. The van der Waals surface area contributed by atoms with Gasteiger partial charge in [-0.2, -0.15) is 0 Å². The molecule has 0 spiro atoms. The zero-order valence-corrected chi connectivity index (χ0v) is 17.3. The Morgan fingerprint density at radius 1 is 1.00 bits per heavy atom. The molecule has 6 heteroatoms. The summed E-state index contributed by atoms with van der Waals surface area (Å²) < 4.78 is 0. The van der Waals surface area contributed by atoms with Gasteiger partial charge in [-0.05, 0) is 42.2 Å².